The number of nitrogens with one attached hydrogen (secondary N) is 1. The molecule has 21 heavy (non-hydrogen) atoms. The third-order valence-electron chi connectivity index (χ3n) is 3.03. The zero-order chi connectivity index (χ0) is 15.2. The highest BCUT2D eigenvalue weighted by Crippen LogP contribution is 2.22. The molecule has 1 aromatic carbocycles. The summed E-state index contributed by atoms with van der Waals surface area (Å²) >= 11 is 5.86. The van der Waals surface area contributed by atoms with Gasteiger partial charge in [-0.2, -0.15) is 5.10 Å². The summed E-state index contributed by atoms with van der Waals surface area (Å²) in [5.41, 5.74) is 1.56. The number of hydrogen-bond donors (Lipinski definition) is 1. The van der Waals surface area contributed by atoms with Gasteiger partial charge in [0.15, 0.2) is 6.04 Å². The van der Waals surface area contributed by atoms with Crippen LogP contribution in [0, 0.1) is 0 Å². The molecule has 112 valence electrons. The summed E-state index contributed by atoms with van der Waals surface area (Å²) in [6.45, 7) is 2.89. The third kappa shape index (κ3) is 3.98. The summed E-state index contributed by atoms with van der Waals surface area (Å²) < 4.78 is 6.68. The predicted octanol–water partition coefficient (Wildman–Crippen LogP) is 3.27. The van der Waals surface area contributed by atoms with Crippen LogP contribution in [-0.2, 0) is 16.1 Å². The van der Waals surface area contributed by atoms with E-state index in [1.54, 1.807) is 18.3 Å². The average molecular weight is 308 g/mol. The van der Waals surface area contributed by atoms with Crippen LogP contribution in [0.4, 0.5) is 5.69 Å². The molecule has 1 N–H and O–H groups in total. The Morgan fingerprint density at radius 3 is 2.76 bits per heavy atom. The minimum Gasteiger partial charge on any atom is -0.467 e. The van der Waals surface area contributed by atoms with Crippen LogP contribution in [0.5, 0.6) is 0 Å². The maximum atomic E-state index is 12.0. The summed E-state index contributed by atoms with van der Waals surface area (Å²) in [6, 6.07) is 6.56. The summed E-state index contributed by atoms with van der Waals surface area (Å²) in [4.78, 5) is 12.0. The number of nitrogens with zero attached hydrogens (tertiary/aromatic N) is 2. The van der Waals surface area contributed by atoms with Gasteiger partial charge in [0.05, 0.1) is 13.3 Å². The van der Waals surface area contributed by atoms with Crippen LogP contribution in [-0.4, -0.2) is 22.9 Å². The molecule has 0 aliphatic heterocycles. The Hall–Kier alpha value is -2.01. The van der Waals surface area contributed by atoms with Crippen molar-refractivity contribution in [3.8, 4) is 0 Å². The van der Waals surface area contributed by atoms with Crippen LogP contribution in [0.2, 0.25) is 5.02 Å². The standard InChI is InChI=1S/C15H18ClN3O2/c1-3-8-19-10-11(9-17-19)14(15(20)21-2)18-13-6-4-12(16)5-7-13/h4-7,9-10,14,18H,3,8H2,1-2H3. The first-order chi connectivity index (χ1) is 10.1. The van der Waals surface area contributed by atoms with Crippen molar-refractivity contribution in [2.24, 2.45) is 0 Å². The van der Waals surface area contributed by atoms with Crippen LogP contribution >= 0.6 is 11.6 Å². The highest BCUT2D eigenvalue weighted by Gasteiger charge is 2.22. The zero-order valence-electron chi connectivity index (χ0n) is 12.0. The van der Waals surface area contributed by atoms with Gasteiger partial charge in [-0.1, -0.05) is 18.5 Å². The Morgan fingerprint density at radius 2 is 2.14 bits per heavy atom. The molecule has 0 fully saturated rings. The molecule has 0 aliphatic rings. The summed E-state index contributed by atoms with van der Waals surface area (Å²) in [5.74, 6) is -0.360. The molecular weight excluding hydrogens is 290 g/mol. The van der Waals surface area contributed by atoms with Gasteiger partial charge in [-0.05, 0) is 30.7 Å². The van der Waals surface area contributed by atoms with E-state index in [2.05, 4.69) is 17.3 Å². The van der Waals surface area contributed by atoms with Gasteiger partial charge in [0, 0.05) is 29.0 Å². The highest BCUT2D eigenvalue weighted by atomic mass is 35.5. The first kappa shape index (κ1) is 15.4. The van der Waals surface area contributed by atoms with Crippen molar-refractivity contribution in [3.63, 3.8) is 0 Å². The highest BCUT2D eigenvalue weighted by molar-refractivity contribution is 6.30. The second-order valence-corrected chi connectivity index (χ2v) is 5.08. The molecular formula is C15H18ClN3O2. The number of methoxy groups -OCH3 is 1. The lowest BCUT2D eigenvalue weighted by Crippen LogP contribution is -2.22. The summed E-state index contributed by atoms with van der Waals surface area (Å²) in [7, 11) is 1.37. The fourth-order valence-electron chi connectivity index (χ4n) is 1.99. The number of aromatic nitrogens is 2. The number of ether oxygens (including phenoxy) is 1. The van der Waals surface area contributed by atoms with Crippen molar-refractivity contribution in [1.82, 2.24) is 9.78 Å². The lowest BCUT2D eigenvalue weighted by atomic mass is 10.1. The summed E-state index contributed by atoms with van der Waals surface area (Å²) in [6.07, 6.45) is 4.52. The van der Waals surface area contributed by atoms with Crippen molar-refractivity contribution in [2.45, 2.75) is 25.9 Å². The third-order valence-corrected chi connectivity index (χ3v) is 3.28. The number of hydrogen-bond acceptors (Lipinski definition) is 4. The Labute approximate surface area is 128 Å². The number of rotatable bonds is 6. The lowest BCUT2D eigenvalue weighted by molar-refractivity contribution is -0.141. The molecule has 0 saturated heterocycles. The number of benzene rings is 1. The first-order valence-electron chi connectivity index (χ1n) is 6.76. The van der Waals surface area contributed by atoms with Crippen LogP contribution in [0.15, 0.2) is 36.7 Å². The fourth-order valence-corrected chi connectivity index (χ4v) is 2.11. The largest absolute Gasteiger partial charge is 0.467 e. The fraction of sp³-hybridized carbons (Fsp3) is 0.333. The van der Waals surface area contributed by atoms with Gasteiger partial charge in [0.1, 0.15) is 0 Å². The van der Waals surface area contributed by atoms with Crippen LogP contribution in [0.1, 0.15) is 24.9 Å². The minimum atomic E-state index is -0.596. The lowest BCUT2D eigenvalue weighted by Gasteiger charge is -2.16. The van der Waals surface area contributed by atoms with Crippen LogP contribution in [0.25, 0.3) is 0 Å². The average Bonchev–Trinajstić information content (AvgIpc) is 2.94. The molecule has 2 rings (SSSR count). The van der Waals surface area contributed by atoms with Crippen molar-refractivity contribution in [2.75, 3.05) is 12.4 Å². The van der Waals surface area contributed by atoms with Gasteiger partial charge in [-0.3, -0.25) is 4.68 Å². The molecule has 0 radical (unpaired) electrons. The number of carbonyl (C=O) groups is 1. The Kier molecular flexibility index (Phi) is 5.22. The predicted molar refractivity (Wildman–Crippen MR) is 82.3 cm³/mol. The van der Waals surface area contributed by atoms with Crippen molar-refractivity contribution < 1.29 is 9.53 Å². The van der Waals surface area contributed by atoms with Gasteiger partial charge in [-0.15, -0.1) is 0 Å². The number of carbonyl (C=O) groups excluding carboxylic acids is 1. The monoisotopic (exact) mass is 307 g/mol. The molecule has 0 aliphatic carbocycles. The Balaban J connectivity index is 2.21. The molecule has 2 aromatic rings. The molecule has 1 heterocycles. The smallest absolute Gasteiger partial charge is 0.333 e. The van der Waals surface area contributed by atoms with Crippen molar-refractivity contribution in [3.05, 3.63) is 47.2 Å². The second kappa shape index (κ2) is 7.13. The van der Waals surface area contributed by atoms with E-state index >= 15 is 0 Å². The first-order valence-corrected chi connectivity index (χ1v) is 7.14. The molecule has 0 amide bonds. The van der Waals surface area contributed by atoms with Crippen molar-refractivity contribution >= 4 is 23.3 Å². The maximum Gasteiger partial charge on any atom is 0.333 e. The molecule has 0 saturated carbocycles. The maximum absolute atomic E-state index is 12.0. The van der Waals surface area contributed by atoms with E-state index in [-0.39, 0.29) is 5.97 Å². The van der Waals surface area contributed by atoms with Gasteiger partial charge in [-0.25, -0.2) is 4.79 Å². The second-order valence-electron chi connectivity index (χ2n) is 4.64. The van der Waals surface area contributed by atoms with Crippen LogP contribution < -0.4 is 5.32 Å². The summed E-state index contributed by atoms with van der Waals surface area (Å²) in [5, 5.41) is 8.03. The van der Waals surface area contributed by atoms with Gasteiger partial charge < -0.3 is 10.1 Å². The molecule has 1 atom stereocenters. The molecule has 5 nitrogen and oxygen atoms in total. The van der Waals surface area contributed by atoms with E-state index in [0.29, 0.717) is 5.02 Å². The molecule has 0 bridgehead atoms. The van der Waals surface area contributed by atoms with E-state index in [1.165, 1.54) is 7.11 Å². The molecule has 6 heteroatoms. The quantitative estimate of drug-likeness (QED) is 0.832. The molecule has 1 aromatic heterocycles. The van der Waals surface area contributed by atoms with E-state index in [0.717, 1.165) is 24.2 Å². The Bertz CT molecular complexity index is 595. The number of anilines is 1. The topological polar surface area (TPSA) is 56.2 Å². The van der Waals surface area contributed by atoms with Crippen LogP contribution in [0.3, 0.4) is 0 Å². The van der Waals surface area contributed by atoms with E-state index in [9.17, 15) is 4.79 Å². The Morgan fingerprint density at radius 1 is 1.43 bits per heavy atom. The number of aryl methyl sites for hydroxylation is 1. The number of halogens is 1. The van der Waals surface area contributed by atoms with Gasteiger partial charge >= 0.3 is 5.97 Å². The van der Waals surface area contributed by atoms with E-state index < -0.39 is 6.04 Å². The van der Waals surface area contributed by atoms with Gasteiger partial charge in [0.25, 0.3) is 0 Å². The zero-order valence-corrected chi connectivity index (χ0v) is 12.8. The van der Waals surface area contributed by atoms with E-state index in [4.69, 9.17) is 16.3 Å². The SMILES string of the molecule is CCCn1cc(C(Nc2ccc(Cl)cc2)C(=O)OC)cn1. The molecule has 1 unspecified atom stereocenters. The van der Waals surface area contributed by atoms with E-state index in [1.807, 2.05) is 23.0 Å². The molecule has 0 spiro atoms. The van der Waals surface area contributed by atoms with Crippen molar-refractivity contribution in [1.29, 1.82) is 0 Å². The minimum absolute atomic E-state index is 0.360. The normalized spacial score (nSPS) is 12.0. The number of esters is 1. The van der Waals surface area contributed by atoms with Gasteiger partial charge in [0.2, 0.25) is 0 Å².